The summed E-state index contributed by atoms with van der Waals surface area (Å²) in [6, 6.07) is 7.87. The van der Waals surface area contributed by atoms with Crippen LogP contribution in [0.5, 0.6) is 0 Å². The van der Waals surface area contributed by atoms with Crippen molar-refractivity contribution < 1.29 is 17.4 Å². The number of nitrogens with one attached hydrogen (secondary N) is 1. The minimum Gasteiger partial charge on any atom is -0.354 e. The molecule has 1 amide bonds. The van der Waals surface area contributed by atoms with E-state index in [1.807, 2.05) is 36.1 Å². The lowest BCUT2D eigenvalue weighted by molar-refractivity contribution is -0.117. The van der Waals surface area contributed by atoms with Crippen molar-refractivity contribution in [3.63, 3.8) is 0 Å². The van der Waals surface area contributed by atoms with Crippen molar-refractivity contribution in [2.24, 2.45) is 5.92 Å². The Bertz CT molecular complexity index is 1060. The van der Waals surface area contributed by atoms with E-state index in [1.54, 1.807) is 0 Å². The average Bonchev–Trinajstić information content (AvgIpc) is 3.17. The van der Waals surface area contributed by atoms with Crippen molar-refractivity contribution in [1.29, 1.82) is 0 Å². The Balaban J connectivity index is 1.49. The number of pyridine rings is 1. The summed E-state index contributed by atoms with van der Waals surface area (Å²) in [5.74, 6) is 1.35. The molecule has 1 N–H and O–H groups in total. The van der Waals surface area contributed by atoms with Gasteiger partial charge in [0, 0.05) is 24.9 Å². The fourth-order valence-electron chi connectivity index (χ4n) is 4.75. The molecule has 8 heteroatoms. The van der Waals surface area contributed by atoms with Crippen LogP contribution in [0.2, 0.25) is 0 Å². The first-order chi connectivity index (χ1) is 14.8. The first-order valence-corrected chi connectivity index (χ1v) is 12.9. The van der Waals surface area contributed by atoms with Gasteiger partial charge in [-0.15, -0.1) is 0 Å². The fourth-order valence-corrected chi connectivity index (χ4v) is 5.40. The number of anilines is 2. The van der Waals surface area contributed by atoms with Crippen molar-refractivity contribution in [2.45, 2.75) is 58.0 Å². The highest BCUT2D eigenvalue weighted by Crippen LogP contribution is 2.31. The zero-order valence-electron chi connectivity index (χ0n) is 18.3. The Hall–Kier alpha value is -2.19. The minimum atomic E-state index is -3.47. The van der Waals surface area contributed by atoms with Gasteiger partial charge in [-0.3, -0.25) is 8.98 Å². The maximum Gasteiger partial charge on any atom is 0.264 e. The largest absolute Gasteiger partial charge is 0.354 e. The molecule has 1 atom stereocenters. The van der Waals surface area contributed by atoms with Crippen LogP contribution in [0, 0.1) is 12.8 Å². The second-order valence-electron chi connectivity index (χ2n) is 8.91. The lowest BCUT2D eigenvalue weighted by atomic mass is 9.87. The second kappa shape index (κ2) is 9.12. The molecule has 1 saturated carbocycles. The Morgan fingerprint density at radius 2 is 1.94 bits per heavy atom. The van der Waals surface area contributed by atoms with Crippen LogP contribution < -0.4 is 10.2 Å². The smallest absolute Gasteiger partial charge is 0.264 e. The zero-order chi connectivity index (χ0) is 22.0. The number of amides is 1. The summed E-state index contributed by atoms with van der Waals surface area (Å²) in [6.45, 7) is 3.18. The van der Waals surface area contributed by atoms with E-state index in [0.29, 0.717) is 31.8 Å². The summed E-state index contributed by atoms with van der Waals surface area (Å²) in [7, 11) is -3.47. The zero-order valence-corrected chi connectivity index (χ0v) is 19.1. The molecule has 0 unspecified atom stereocenters. The summed E-state index contributed by atoms with van der Waals surface area (Å²) in [5.41, 5.74) is 2.66. The van der Waals surface area contributed by atoms with Gasteiger partial charge in [0.1, 0.15) is 5.82 Å². The number of nitrogens with zero attached hydrogens (tertiary/aromatic N) is 2. The topological polar surface area (TPSA) is 88.6 Å². The lowest BCUT2D eigenvalue weighted by Gasteiger charge is -2.21. The van der Waals surface area contributed by atoms with Gasteiger partial charge in [0.25, 0.3) is 10.1 Å². The van der Waals surface area contributed by atoms with E-state index >= 15 is 0 Å². The molecule has 2 heterocycles. The Kier molecular flexibility index (Phi) is 6.48. The van der Waals surface area contributed by atoms with Crippen molar-refractivity contribution in [1.82, 2.24) is 4.98 Å². The summed E-state index contributed by atoms with van der Waals surface area (Å²) in [4.78, 5) is 19.5. The van der Waals surface area contributed by atoms with Crippen LogP contribution in [0.25, 0.3) is 10.9 Å². The summed E-state index contributed by atoms with van der Waals surface area (Å²) in [6.07, 6.45) is 7.98. The van der Waals surface area contributed by atoms with E-state index in [1.165, 1.54) is 19.3 Å². The molecule has 2 aliphatic rings. The van der Waals surface area contributed by atoms with Gasteiger partial charge in [0.15, 0.2) is 0 Å². The number of aryl methyl sites for hydroxylation is 1. The van der Waals surface area contributed by atoms with E-state index < -0.39 is 10.1 Å². The number of aromatic nitrogens is 1. The number of hydrogen-bond acceptors (Lipinski definition) is 6. The molecule has 1 aliphatic carbocycles. The normalized spacial score (nSPS) is 20.3. The SMILES string of the molecule is Cc1ccc2nc(N3CC[C@@H](OS(C)(=O)=O)C3)ccc2c1NC(=O)CC1CCCCC1. The molecule has 2 fully saturated rings. The van der Waals surface area contributed by atoms with Gasteiger partial charge in [0.2, 0.25) is 5.91 Å². The monoisotopic (exact) mass is 445 g/mol. The molecule has 1 aliphatic heterocycles. The highest BCUT2D eigenvalue weighted by atomic mass is 32.2. The van der Waals surface area contributed by atoms with Gasteiger partial charge in [-0.2, -0.15) is 8.42 Å². The number of carbonyl (C=O) groups excluding carboxylic acids is 1. The van der Waals surface area contributed by atoms with Gasteiger partial charge in [-0.05, 0) is 55.9 Å². The third-order valence-electron chi connectivity index (χ3n) is 6.31. The van der Waals surface area contributed by atoms with Crippen LogP contribution in [0.3, 0.4) is 0 Å². The Morgan fingerprint density at radius 1 is 1.16 bits per heavy atom. The Morgan fingerprint density at radius 3 is 2.68 bits per heavy atom. The van der Waals surface area contributed by atoms with Crippen LogP contribution in [0.1, 0.15) is 50.5 Å². The first kappa shape index (κ1) is 22.0. The molecule has 1 aromatic carbocycles. The lowest BCUT2D eigenvalue weighted by Crippen LogP contribution is -2.25. The van der Waals surface area contributed by atoms with Crippen molar-refractivity contribution in [3.8, 4) is 0 Å². The summed E-state index contributed by atoms with van der Waals surface area (Å²) < 4.78 is 27.9. The number of fused-ring (bicyclic) bond motifs is 1. The Labute approximate surface area is 184 Å². The second-order valence-corrected chi connectivity index (χ2v) is 10.5. The van der Waals surface area contributed by atoms with E-state index in [2.05, 4.69) is 5.32 Å². The molecule has 31 heavy (non-hydrogen) atoms. The molecule has 7 nitrogen and oxygen atoms in total. The molecule has 0 bridgehead atoms. The van der Waals surface area contributed by atoms with Crippen LogP contribution in [0.4, 0.5) is 11.5 Å². The number of hydrogen-bond donors (Lipinski definition) is 1. The van der Waals surface area contributed by atoms with E-state index in [4.69, 9.17) is 9.17 Å². The van der Waals surface area contributed by atoms with Crippen molar-refractivity contribution in [3.05, 3.63) is 29.8 Å². The van der Waals surface area contributed by atoms with Crippen LogP contribution in [-0.2, 0) is 19.1 Å². The van der Waals surface area contributed by atoms with Gasteiger partial charge < -0.3 is 10.2 Å². The van der Waals surface area contributed by atoms with Gasteiger partial charge in [0.05, 0.1) is 23.6 Å². The predicted molar refractivity (Wildman–Crippen MR) is 123 cm³/mol. The maximum atomic E-state index is 12.7. The van der Waals surface area contributed by atoms with Crippen LogP contribution >= 0.6 is 0 Å². The maximum absolute atomic E-state index is 12.7. The predicted octanol–water partition coefficient (Wildman–Crippen LogP) is 4.01. The molecule has 0 spiro atoms. The molecule has 2 aromatic rings. The third kappa shape index (κ3) is 5.54. The number of carbonyl (C=O) groups is 1. The van der Waals surface area contributed by atoms with Crippen LogP contribution in [-0.4, -0.2) is 44.8 Å². The molecule has 4 rings (SSSR count). The van der Waals surface area contributed by atoms with Crippen molar-refractivity contribution in [2.75, 3.05) is 29.6 Å². The first-order valence-electron chi connectivity index (χ1n) is 11.1. The standard InChI is InChI=1S/C23H31N3O4S/c1-16-8-10-20-19(23(16)25-22(27)14-17-6-4-3-5-7-17)9-11-21(24-20)26-13-12-18(15-26)30-31(2,28)29/h8-11,17-18H,3-7,12-15H2,1-2H3,(H,25,27)/t18-/m1/s1. The molecular weight excluding hydrogens is 414 g/mol. The van der Waals surface area contributed by atoms with E-state index in [0.717, 1.165) is 47.1 Å². The van der Waals surface area contributed by atoms with E-state index in [-0.39, 0.29) is 12.0 Å². The minimum absolute atomic E-state index is 0.0758. The van der Waals surface area contributed by atoms with Crippen LogP contribution in [0.15, 0.2) is 24.3 Å². The average molecular weight is 446 g/mol. The van der Waals surface area contributed by atoms with E-state index in [9.17, 15) is 13.2 Å². The van der Waals surface area contributed by atoms with Crippen molar-refractivity contribution >= 4 is 38.4 Å². The summed E-state index contributed by atoms with van der Waals surface area (Å²) >= 11 is 0. The summed E-state index contributed by atoms with van der Waals surface area (Å²) in [5, 5.41) is 4.06. The highest BCUT2D eigenvalue weighted by Gasteiger charge is 2.27. The molecule has 1 aromatic heterocycles. The quantitative estimate of drug-likeness (QED) is 0.676. The number of rotatable bonds is 6. The van der Waals surface area contributed by atoms with Gasteiger partial charge in [-0.25, -0.2) is 4.98 Å². The molecule has 1 saturated heterocycles. The molecule has 168 valence electrons. The van der Waals surface area contributed by atoms with Gasteiger partial charge >= 0.3 is 0 Å². The third-order valence-corrected chi connectivity index (χ3v) is 6.93. The molecule has 0 radical (unpaired) electrons. The van der Waals surface area contributed by atoms with Gasteiger partial charge in [-0.1, -0.05) is 25.3 Å². The number of benzene rings is 1. The fraction of sp³-hybridized carbons (Fsp3) is 0.565. The highest BCUT2D eigenvalue weighted by molar-refractivity contribution is 7.86. The molecular formula is C23H31N3O4S.